The standard InChI is InChI=1S/C15H17ClN2O/c1-11-7-12(10-16)8-15(17-11)19-14-6-4-5-13(9-14)18(2)3/h4-9H,10H2,1-3H3. The van der Waals surface area contributed by atoms with Crippen LogP contribution in [0.3, 0.4) is 0 Å². The molecule has 0 saturated carbocycles. The summed E-state index contributed by atoms with van der Waals surface area (Å²) in [6, 6.07) is 11.7. The smallest absolute Gasteiger partial charge is 0.219 e. The Morgan fingerprint density at radius 1 is 1.21 bits per heavy atom. The molecule has 0 aliphatic rings. The van der Waals surface area contributed by atoms with Crippen molar-refractivity contribution in [2.75, 3.05) is 19.0 Å². The van der Waals surface area contributed by atoms with Crippen LogP contribution in [0.4, 0.5) is 5.69 Å². The van der Waals surface area contributed by atoms with Gasteiger partial charge in [0, 0.05) is 43.5 Å². The molecule has 0 spiro atoms. The molecular formula is C15H17ClN2O. The highest BCUT2D eigenvalue weighted by molar-refractivity contribution is 6.17. The lowest BCUT2D eigenvalue weighted by Gasteiger charge is -2.14. The predicted molar refractivity (Wildman–Crippen MR) is 79.4 cm³/mol. The first kappa shape index (κ1) is 13.7. The van der Waals surface area contributed by atoms with Crippen LogP contribution in [0.1, 0.15) is 11.3 Å². The third-order valence-corrected chi connectivity index (χ3v) is 3.01. The van der Waals surface area contributed by atoms with Gasteiger partial charge in [0.05, 0.1) is 0 Å². The Morgan fingerprint density at radius 2 is 2.00 bits per heavy atom. The summed E-state index contributed by atoms with van der Waals surface area (Å²) < 4.78 is 5.80. The van der Waals surface area contributed by atoms with E-state index in [2.05, 4.69) is 4.98 Å². The second-order valence-electron chi connectivity index (χ2n) is 4.58. The van der Waals surface area contributed by atoms with Gasteiger partial charge >= 0.3 is 0 Å². The highest BCUT2D eigenvalue weighted by atomic mass is 35.5. The molecule has 1 aromatic heterocycles. The van der Waals surface area contributed by atoms with Gasteiger partial charge in [-0.05, 0) is 30.7 Å². The van der Waals surface area contributed by atoms with Crippen LogP contribution >= 0.6 is 11.6 Å². The Balaban J connectivity index is 2.25. The van der Waals surface area contributed by atoms with Crippen LogP contribution in [0.15, 0.2) is 36.4 Å². The van der Waals surface area contributed by atoms with Crippen molar-refractivity contribution in [1.29, 1.82) is 0 Å². The summed E-state index contributed by atoms with van der Waals surface area (Å²) in [4.78, 5) is 6.39. The van der Waals surface area contributed by atoms with E-state index in [9.17, 15) is 0 Å². The molecule has 0 aliphatic heterocycles. The van der Waals surface area contributed by atoms with Crippen molar-refractivity contribution in [2.45, 2.75) is 12.8 Å². The van der Waals surface area contributed by atoms with Crippen LogP contribution in [0.25, 0.3) is 0 Å². The number of aromatic nitrogens is 1. The Labute approximate surface area is 118 Å². The molecule has 0 aliphatic carbocycles. The summed E-state index contributed by atoms with van der Waals surface area (Å²) in [7, 11) is 3.99. The summed E-state index contributed by atoms with van der Waals surface area (Å²) in [6.45, 7) is 1.93. The molecule has 0 N–H and O–H groups in total. The molecule has 0 fully saturated rings. The van der Waals surface area contributed by atoms with E-state index in [1.54, 1.807) is 0 Å². The average molecular weight is 277 g/mol. The van der Waals surface area contributed by atoms with Crippen molar-refractivity contribution >= 4 is 17.3 Å². The number of aryl methyl sites for hydroxylation is 1. The first-order valence-electron chi connectivity index (χ1n) is 6.07. The fourth-order valence-corrected chi connectivity index (χ4v) is 1.94. The van der Waals surface area contributed by atoms with E-state index in [1.807, 2.05) is 62.3 Å². The highest BCUT2D eigenvalue weighted by Crippen LogP contribution is 2.25. The van der Waals surface area contributed by atoms with Crippen molar-refractivity contribution < 1.29 is 4.74 Å². The molecule has 0 saturated heterocycles. The van der Waals surface area contributed by atoms with Gasteiger partial charge in [-0.25, -0.2) is 4.98 Å². The Hall–Kier alpha value is -1.74. The summed E-state index contributed by atoms with van der Waals surface area (Å²) in [5.74, 6) is 1.80. The van der Waals surface area contributed by atoms with Crippen LogP contribution in [-0.2, 0) is 5.88 Å². The summed E-state index contributed by atoms with van der Waals surface area (Å²) >= 11 is 5.85. The van der Waals surface area contributed by atoms with Gasteiger partial charge in [0.25, 0.3) is 0 Å². The Morgan fingerprint density at radius 3 is 2.68 bits per heavy atom. The van der Waals surface area contributed by atoms with Crippen LogP contribution in [0.5, 0.6) is 11.6 Å². The molecule has 0 radical (unpaired) electrons. The summed E-state index contributed by atoms with van der Waals surface area (Å²) in [6.07, 6.45) is 0. The number of hydrogen-bond acceptors (Lipinski definition) is 3. The number of alkyl halides is 1. The molecule has 2 aromatic rings. The molecule has 4 heteroatoms. The molecule has 1 heterocycles. The van der Waals surface area contributed by atoms with Crippen molar-refractivity contribution in [2.24, 2.45) is 0 Å². The normalized spacial score (nSPS) is 10.3. The van der Waals surface area contributed by atoms with E-state index < -0.39 is 0 Å². The van der Waals surface area contributed by atoms with E-state index in [4.69, 9.17) is 16.3 Å². The SMILES string of the molecule is Cc1cc(CCl)cc(Oc2cccc(N(C)C)c2)n1. The Bertz CT molecular complexity index is 570. The molecular weight excluding hydrogens is 260 g/mol. The maximum atomic E-state index is 5.85. The predicted octanol–water partition coefficient (Wildman–Crippen LogP) is 3.99. The molecule has 19 heavy (non-hydrogen) atoms. The summed E-state index contributed by atoms with van der Waals surface area (Å²) in [5, 5.41) is 0. The molecule has 0 amide bonds. The van der Waals surface area contributed by atoms with Crippen molar-refractivity contribution in [3.05, 3.63) is 47.7 Å². The van der Waals surface area contributed by atoms with Crippen LogP contribution in [0.2, 0.25) is 0 Å². The second-order valence-corrected chi connectivity index (χ2v) is 4.85. The zero-order chi connectivity index (χ0) is 13.8. The average Bonchev–Trinajstić information content (AvgIpc) is 2.38. The topological polar surface area (TPSA) is 25.4 Å². The number of nitrogens with zero attached hydrogens (tertiary/aromatic N) is 2. The highest BCUT2D eigenvalue weighted by Gasteiger charge is 2.04. The van der Waals surface area contributed by atoms with Gasteiger partial charge in [-0.2, -0.15) is 0 Å². The molecule has 100 valence electrons. The second kappa shape index (κ2) is 5.93. The van der Waals surface area contributed by atoms with E-state index in [-0.39, 0.29) is 0 Å². The van der Waals surface area contributed by atoms with Crippen LogP contribution in [0, 0.1) is 6.92 Å². The maximum absolute atomic E-state index is 5.85. The minimum Gasteiger partial charge on any atom is -0.439 e. The van der Waals surface area contributed by atoms with Gasteiger partial charge < -0.3 is 9.64 Å². The third kappa shape index (κ3) is 3.61. The minimum absolute atomic E-state index is 0.456. The maximum Gasteiger partial charge on any atom is 0.219 e. The van der Waals surface area contributed by atoms with Crippen molar-refractivity contribution in [1.82, 2.24) is 4.98 Å². The summed E-state index contributed by atoms with van der Waals surface area (Å²) in [5.41, 5.74) is 2.99. The van der Waals surface area contributed by atoms with E-state index in [0.29, 0.717) is 11.8 Å². The Kier molecular flexibility index (Phi) is 4.27. The van der Waals surface area contributed by atoms with E-state index >= 15 is 0 Å². The fourth-order valence-electron chi connectivity index (χ4n) is 1.78. The quantitative estimate of drug-likeness (QED) is 0.790. The van der Waals surface area contributed by atoms with Gasteiger partial charge in [0.2, 0.25) is 5.88 Å². The van der Waals surface area contributed by atoms with Gasteiger partial charge in [-0.15, -0.1) is 11.6 Å². The van der Waals surface area contributed by atoms with Crippen LogP contribution < -0.4 is 9.64 Å². The van der Waals surface area contributed by atoms with Crippen molar-refractivity contribution in [3.63, 3.8) is 0 Å². The molecule has 0 atom stereocenters. The number of halogens is 1. The number of hydrogen-bond donors (Lipinski definition) is 0. The molecule has 1 aromatic carbocycles. The minimum atomic E-state index is 0.456. The number of ether oxygens (including phenoxy) is 1. The van der Waals surface area contributed by atoms with Gasteiger partial charge in [-0.1, -0.05) is 6.07 Å². The van der Waals surface area contributed by atoms with Crippen LogP contribution in [-0.4, -0.2) is 19.1 Å². The number of pyridine rings is 1. The fraction of sp³-hybridized carbons (Fsp3) is 0.267. The molecule has 0 bridgehead atoms. The van der Waals surface area contributed by atoms with Gasteiger partial charge in [0.15, 0.2) is 0 Å². The largest absolute Gasteiger partial charge is 0.439 e. The van der Waals surface area contributed by atoms with E-state index in [0.717, 1.165) is 22.7 Å². The first-order chi connectivity index (χ1) is 9.08. The number of benzene rings is 1. The molecule has 0 unspecified atom stereocenters. The lowest BCUT2D eigenvalue weighted by atomic mass is 10.2. The molecule has 3 nitrogen and oxygen atoms in total. The lowest BCUT2D eigenvalue weighted by molar-refractivity contribution is 0.461. The first-order valence-corrected chi connectivity index (χ1v) is 6.60. The van der Waals surface area contributed by atoms with E-state index in [1.165, 1.54) is 0 Å². The number of anilines is 1. The van der Waals surface area contributed by atoms with Gasteiger partial charge in [0.1, 0.15) is 5.75 Å². The zero-order valence-electron chi connectivity index (χ0n) is 11.4. The lowest BCUT2D eigenvalue weighted by Crippen LogP contribution is -2.08. The monoisotopic (exact) mass is 276 g/mol. The molecule has 2 rings (SSSR count). The number of rotatable bonds is 4. The zero-order valence-corrected chi connectivity index (χ0v) is 12.1. The third-order valence-electron chi connectivity index (χ3n) is 2.70. The van der Waals surface area contributed by atoms with Gasteiger partial charge in [-0.3, -0.25) is 0 Å². The van der Waals surface area contributed by atoms with Crippen molar-refractivity contribution in [3.8, 4) is 11.6 Å².